The summed E-state index contributed by atoms with van der Waals surface area (Å²) < 4.78 is 14.2. The van der Waals surface area contributed by atoms with Gasteiger partial charge >= 0.3 is 0 Å². The monoisotopic (exact) mass is 429 g/mol. The number of hydrogen-bond acceptors (Lipinski definition) is 4. The van der Waals surface area contributed by atoms with E-state index in [2.05, 4.69) is 43.8 Å². The summed E-state index contributed by atoms with van der Waals surface area (Å²) in [5, 5.41) is 7.83. The minimum Gasteiger partial charge on any atom is -0.370 e. The number of hydrogen-bond donors (Lipinski definition) is 3. The first-order chi connectivity index (χ1) is 15.5. The zero-order valence-corrected chi connectivity index (χ0v) is 18.8. The van der Waals surface area contributed by atoms with Crippen molar-refractivity contribution >= 4 is 28.2 Å². The fourth-order valence-corrected chi connectivity index (χ4v) is 4.79. The Bertz CT molecular complexity index is 1310. The minimum atomic E-state index is -0.207. The second-order valence-corrected chi connectivity index (χ2v) is 8.67. The van der Waals surface area contributed by atoms with E-state index >= 15 is 0 Å². The molecule has 32 heavy (non-hydrogen) atoms. The van der Waals surface area contributed by atoms with E-state index in [-0.39, 0.29) is 5.82 Å². The van der Waals surface area contributed by atoms with Crippen LogP contribution >= 0.6 is 0 Å². The van der Waals surface area contributed by atoms with Crippen molar-refractivity contribution in [1.82, 2.24) is 15.0 Å². The van der Waals surface area contributed by atoms with Gasteiger partial charge in [0.1, 0.15) is 23.3 Å². The van der Waals surface area contributed by atoms with Crippen molar-refractivity contribution in [2.75, 3.05) is 17.2 Å². The van der Waals surface area contributed by atoms with Crippen LogP contribution in [-0.4, -0.2) is 21.5 Å². The lowest BCUT2D eigenvalue weighted by Gasteiger charge is -2.12. The Morgan fingerprint density at radius 1 is 0.969 bits per heavy atom. The Morgan fingerprint density at radius 2 is 1.78 bits per heavy atom. The fourth-order valence-electron chi connectivity index (χ4n) is 4.79. The summed E-state index contributed by atoms with van der Waals surface area (Å²) >= 11 is 0. The first-order valence-electron chi connectivity index (χ1n) is 11.2. The third-order valence-electron chi connectivity index (χ3n) is 6.32. The summed E-state index contributed by atoms with van der Waals surface area (Å²) in [7, 11) is 0. The normalized spacial score (nSPS) is 12.9. The number of aryl methyl sites for hydroxylation is 5. The molecule has 5 nitrogen and oxygen atoms in total. The van der Waals surface area contributed by atoms with Gasteiger partial charge in [0, 0.05) is 29.4 Å². The molecule has 0 aliphatic heterocycles. The van der Waals surface area contributed by atoms with E-state index in [0.717, 1.165) is 52.4 Å². The van der Waals surface area contributed by atoms with Gasteiger partial charge in [-0.15, -0.1) is 0 Å². The standard InChI is InChI=1S/C26H28FN5/c1-15-7-10-22(27)26-25(15)21(16(2)29-26)11-12-28-23-14-24(31-17(3)30-23)32-20-9-8-18-5-4-6-19(18)13-20/h7-10,13-14,29H,4-6,11-12H2,1-3H3,(H2,28,30,31,32). The molecule has 4 aromatic rings. The van der Waals surface area contributed by atoms with Crippen LogP contribution in [-0.2, 0) is 19.3 Å². The molecule has 0 amide bonds. The molecule has 0 fully saturated rings. The predicted molar refractivity (Wildman–Crippen MR) is 128 cm³/mol. The Balaban J connectivity index is 1.31. The molecule has 2 heterocycles. The van der Waals surface area contributed by atoms with Crippen molar-refractivity contribution in [2.45, 2.75) is 46.5 Å². The highest BCUT2D eigenvalue weighted by Crippen LogP contribution is 2.29. The minimum absolute atomic E-state index is 0.207. The molecule has 1 aliphatic rings. The number of aromatic amines is 1. The van der Waals surface area contributed by atoms with Gasteiger partial charge in [0.2, 0.25) is 0 Å². The van der Waals surface area contributed by atoms with Crippen molar-refractivity contribution < 1.29 is 4.39 Å². The first kappa shape index (κ1) is 20.5. The Kier molecular flexibility index (Phi) is 5.29. The van der Waals surface area contributed by atoms with Crippen molar-refractivity contribution in [3.05, 3.63) is 76.0 Å². The summed E-state index contributed by atoms with van der Waals surface area (Å²) in [6, 6.07) is 11.9. The lowest BCUT2D eigenvalue weighted by molar-refractivity contribution is 0.637. The maximum atomic E-state index is 14.2. The van der Waals surface area contributed by atoms with Crippen molar-refractivity contribution in [3.8, 4) is 0 Å². The van der Waals surface area contributed by atoms with Crippen LogP contribution in [0.25, 0.3) is 10.9 Å². The molecule has 0 radical (unpaired) electrons. The highest BCUT2D eigenvalue weighted by molar-refractivity contribution is 5.88. The highest BCUT2D eigenvalue weighted by atomic mass is 19.1. The number of nitrogens with zero attached hydrogens (tertiary/aromatic N) is 2. The van der Waals surface area contributed by atoms with E-state index in [4.69, 9.17) is 0 Å². The van der Waals surface area contributed by atoms with Gasteiger partial charge in [-0.2, -0.15) is 0 Å². The van der Waals surface area contributed by atoms with Crippen molar-refractivity contribution in [3.63, 3.8) is 0 Å². The Labute approximate surface area is 187 Å². The molecular formula is C26H28FN5. The SMILES string of the molecule is Cc1nc(NCCc2c(C)[nH]c3c(F)ccc(C)c23)cc(Nc2ccc3c(c2)CCC3)n1. The number of H-pyrrole nitrogens is 1. The van der Waals surface area contributed by atoms with E-state index in [9.17, 15) is 4.39 Å². The quantitative estimate of drug-likeness (QED) is 0.357. The average molecular weight is 430 g/mol. The van der Waals surface area contributed by atoms with Gasteiger partial charge in [0.15, 0.2) is 0 Å². The lowest BCUT2D eigenvalue weighted by atomic mass is 10.0. The van der Waals surface area contributed by atoms with E-state index in [0.29, 0.717) is 17.9 Å². The van der Waals surface area contributed by atoms with Crippen LogP contribution in [0.4, 0.5) is 21.7 Å². The summed E-state index contributed by atoms with van der Waals surface area (Å²) in [6.45, 7) is 6.62. The zero-order valence-electron chi connectivity index (χ0n) is 18.8. The molecular weight excluding hydrogens is 401 g/mol. The molecule has 5 rings (SSSR count). The van der Waals surface area contributed by atoms with E-state index < -0.39 is 0 Å². The highest BCUT2D eigenvalue weighted by Gasteiger charge is 2.14. The first-order valence-corrected chi connectivity index (χ1v) is 11.2. The predicted octanol–water partition coefficient (Wildman–Crippen LogP) is 5.91. The number of fused-ring (bicyclic) bond motifs is 2. The molecule has 2 aromatic heterocycles. The topological polar surface area (TPSA) is 65.6 Å². The molecule has 6 heteroatoms. The number of halogens is 1. The van der Waals surface area contributed by atoms with Gasteiger partial charge in [-0.1, -0.05) is 12.1 Å². The van der Waals surface area contributed by atoms with E-state index in [1.807, 2.05) is 32.9 Å². The maximum Gasteiger partial charge on any atom is 0.147 e. The van der Waals surface area contributed by atoms with Crippen LogP contribution in [0.2, 0.25) is 0 Å². The molecule has 0 spiro atoms. The van der Waals surface area contributed by atoms with Gasteiger partial charge in [-0.05, 0) is 86.9 Å². The molecule has 164 valence electrons. The van der Waals surface area contributed by atoms with Crippen molar-refractivity contribution in [1.29, 1.82) is 0 Å². The summed E-state index contributed by atoms with van der Waals surface area (Å²) in [6.07, 6.45) is 4.34. The third kappa shape index (κ3) is 3.93. The van der Waals surface area contributed by atoms with Crippen LogP contribution in [0.15, 0.2) is 36.4 Å². The molecule has 0 atom stereocenters. The molecule has 0 unspecified atom stereocenters. The van der Waals surface area contributed by atoms with Crippen LogP contribution in [0, 0.1) is 26.6 Å². The number of nitrogens with one attached hydrogen (secondary N) is 3. The maximum absolute atomic E-state index is 14.2. The number of benzene rings is 2. The fraction of sp³-hybridized carbons (Fsp3) is 0.308. The zero-order chi connectivity index (χ0) is 22.2. The summed E-state index contributed by atoms with van der Waals surface area (Å²) in [5.41, 5.74) is 7.77. The summed E-state index contributed by atoms with van der Waals surface area (Å²) in [5.74, 6) is 2.06. The van der Waals surface area contributed by atoms with E-state index in [1.165, 1.54) is 30.0 Å². The van der Waals surface area contributed by atoms with Gasteiger partial charge in [-0.3, -0.25) is 0 Å². The van der Waals surface area contributed by atoms with Gasteiger partial charge in [0.25, 0.3) is 0 Å². The molecule has 0 saturated heterocycles. The second-order valence-electron chi connectivity index (χ2n) is 8.67. The van der Waals surface area contributed by atoms with Crippen LogP contribution in [0.3, 0.4) is 0 Å². The van der Waals surface area contributed by atoms with Crippen LogP contribution in [0.5, 0.6) is 0 Å². The van der Waals surface area contributed by atoms with Crippen molar-refractivity contribution in [2.24, 2.45) is 0 Å². The molecule has 2 aromatic carbocycles. The molecule has 0 bridgehead atoms. The van der Waals surface area contributed by atoms with E-state index in [1.54, 1.807) is 0 Å². The molecule has 1 aliphatic carbocycles. The largest absolute Gasteiger partial charge is 0.370 e. The number of rotatable bonds is 6. The second kappa shape index (κ2) is 8.26. The van der Waals surface area contributed by atoms with Crippen LogP contribution < -0.4 is 10.6 Å². The number of aromatic nitrogens is 3. The van der Waals surface area contributed by atoms with Crippen LogP contribution in [0.1, 0.15) is 40.2 Å². The molecule has 3 N–H and O–H groups in total. The summed E-state index contributed by atoms with van der Waals surface area (Å²) in [4.78, 5) is 12.3. The molecule has 0 saturated carbocycles. The third-order valence-corrected chi connectivity index (χ3v) is 6.32. The van der Waals surface area contributed by atoms with Gasteiger partial charge < -0.3 is 15.6 Å². The Hall–Kier alpha value is -3.41. The average Bonchev–Trinajstić information content (AvgIpc) is 3.35. The van der Waals surface area contributed by atoms with Gasteiger partial charge in [-0.25, -0.2) is 14.4 Å². The lowest BCUT2D eigenvalue weighted by Crippen LogP contribution is -2.09. The number of anilines is 3. The smallest absolute Gasteiger partial charge is 0.147 e. The Morgan fingerprint density at radius 3 is 2.66 bits per heavy atom. The van der Waals surface area contributed by atoms with Gasteiger partial charge in [0.05, 0.1) is 5.52 Å².